The maximum absolute atomic E-state index is 12.8. The first-order valence-corrected chi connectivity index (χ1v) is 15.5. The number of carboxylic acid groups (broad SMARTS) is 1. The number of aromatic nitrogens is 1. The topological polar surface area (TPSA) is 104 Å². The molecule has 40 heavy (non-hydrogen) atoms. The first kappa shape index (κ1) is 27.2. The summed E-state index contributed by atoms with van der Waals surface area (Å²) in [4.78, 5) is 37.4. The zero-order chi connectivity index (χ0) is 28.0. The molecule has 6 atom stereocenters. The van der Waals surface area contributed by atoms with Crippen molar-refractivity contribution in [1.82, 2.24) is 4.98 Å². The molecule has 0 radical (unpaired) electrons. The summed E-state index contributed by atoms with van der Waals surface area (Å²) in [5.41, 5.74) is 5.04. The van der Waals surface area contributed by atoms with Crippen LogP contribution in [0.2, 0.25) is 0 Å². The van der Waals surface area contributed by atoms with Crippen molar-refractivity contribution < 1.29 is 19.5 Å². The van der Waals surface area contributed by atoms with Gasteiger partial charge in [-0.3, -0.25) is 4.79 Å². The fourth-order valence-electron chi connectivity index (χ4n) is 8.59. The van der Waals surface area contributed by atoms with Gasteiger partial charge in [-0.1, -0.05) is 18.1 Å². The number of carbonyl (C=O) groups excluding carboxylic acids is 1. The van der Waals surface area contributed by atoms with Crippen molar-refractivity contribution >= 4 is 39.7 Å². The molecule has 1 aromatic heterocycles. The molecule has 9 heteroatoms. The Morgan fingerprint density at radius 3 is 2.90 bits per heavy atom. The molecule has 0 bridgehead atoms. The van der Waals surface area contributed by atoms with Gasteiger partial charge in [0.15, 0.2) is 5.13 Å². The van der Waals surface area contributed by atoms with E-state index in [1.54, 1.807) is 13.3 Å². The molecule has 1 aromatic carbocycles. The minimum atomic E-state index is -0.724. The van der Waals surface area contributed by atoms with Crippen molar-refractivity contribution in [2.45, 2.75) is 83.6 Å². The van der Waals surface area contributed by atoms with E-state index in [-0.39, 0.29) is 11.3 Å². The van der Waals surface area contributed by atoms with Gasteiger partial charge in [0.05, 0.1) is 5.71 Å². The Morgan fingerprint density at radius 1 is 1.30 bits per heavy atom. The van der Waals surface area contributed by atoms with Gasteiger partial charge in [-0.2, -0.15) is 0 Å². The minimum Gasteiger partial charge on any atom is -0.480 e. The molecule has 4 unspecified atom stereocenters. The van der Waals surface area contributed by atoms with Crippen LogP contribution in [0, 0.1) is 30.1 Å². The van der Waals surface area contributed by atoms with Crippen molar-refractivity contribution in [3.8, 4) is 0 Å². The van der Waals surface area contributed by atoms with E-state index in [9.17, 15) is 14.7 Å². The number of carboxylic acids is 1. The molecule has 2 N–H and O–H groups in total. The normalized spacial score (nSPS) is 31.9. The molecular weight excluding hydrogens is 524 g/mol. The lowest BCUT2D eigenvalue weighted by molar-refractivity contribution is -0.138. The van der Waals surface area contributed by atoms with E-state index in [2.05, 4.69) is 45.5 Å². The first-order valence-electron chi connectivity index (χ1n) is 14.7. The van der Waals surface area contributed by atoms with Gasteiger partial charge in [0.25, 0.3) is 0 Å². The quantitative estimate of drug-likeness (QED) is 0.399. The lowest BCUT2D eigenvalue weighted by Crippen LogP contribution is -2.44. The molecule has 8 nitrogen and oxygen atoms in total. The third-order valence-electron chi connectivity index (χ3n) is 10.3. The molecule has 1 saturated heterocycles. The predicted molar refractivity (Wildman–Crippen MR) is 157 cm³/mol. The molecule has 2 heterocycles. The van der Waals surface area contributed by atoms with Crippen LogP contribution in [0.3, 0.4) is 0 Å². The monoisotopic (exact) mass is 564 g/mol. The molecule has 6 rings (SSSR count). The smallest absolute Gasteiger partial charge is 0.326 e. The summed E-state index contributed by atoms with van der Waals surface area (Å²) >= 11 is 1.51. The molecule has 3 fully saturated rings. The van der Waals surface area contributed by atoms with Crippen molar-refractivity contribution in [1.29, 1.82) is 0 Å². The Labute approximate surface area is 240 Å². The molecule has 2 aromatic rings. The van der Waals surface area contributed by atoms with Crippen molar-refractivity contribution in [3.63, 3.8) is 0 Å². The number of thiazole rings is 1. The van der Waals surface area contributed by atoms with E-state index in [0.717, 1.165) is 67.8 Å². The van der Waals surface area contributed by atoms with Crippen LogP contribution < -0.4 is 10.2 Å². The second-order valence-electron chi connectivity index (χ2n) is 12.4. The highest BCUT2D eigenvalue weighted by atomic mass is 32.1. The molecular formula is C31H40N4O4S. The standard InChI is InChI=1S/C31H40N4O4S/c1-18-17-32-30(40-18)33-27(36)11-7-20-16-26(34-39-3)31(2)13-12-23-22-10-8-21(35-14-4-5-25(35)29(37)38)15-19(22)6-9-24(23)28(20)31/h8,10,15,17,20,23-25,28H,4-7,9,11-14,16H2,1-3H3,(H,37,38)(H,32,33,36)/b34-26+/t20?,23?,24-,25?,28?,31-/m1/s1. The molecule has 2 saturated carbocycles. The highest BCUT2D eigenvalue weighted by molar-refractivity contribution is 7.15. The van der Waals surface area contributed by atoms with Crippen LogP contribution in [0.15, 0.2) is 29.6 Å². The Bertz CT molecular complexity index is 1320. The molecule has 1 aliphatic heterocycles. The van der Waals surface area contributed by atoms with Gasteiger partial charge < -0.3 is 20.2 Å². The van der Waals surface area contributed by atoms with E-state index in [0.29, 0.717) is 41.6 Å². The SMILES string of the molecule is CO/N=C1\CC(CCC(=O)Nc2ncc(C)s2)C2[C@@H]3CCc4cc(N5CCCC5C(=O)O)ccc4C3CC[C@]12C. The van der Waals surface area contributed by atoms with Gasteiger partial charge in [-0.05, 0) is 105 Å². The van der Waals surface area contributed by atoms with Gasteiger partial charge >= 0.3 is 5.97 Å². The number of aliphatic carboxylic acids is 1. The number of nitrogens with zero attached hydrogens (tertiary/aromatic N) is 3. The van der Waals surface area contributed by atoms with Crippen LogP contribution >= 0.6 is 11.3 Å². The highest BCUT2D eigenvalue weighted by Crippen LogP contribution is 2.62. The number of hydrogen-bond donors (Lipinski definition) is 2. The lowest BCUT2D eigenvalue weighted by Gasteiger charge is -2.50. The highest BCUT2D eigenvalue weighted by Gasteiger charge is 2.57. The van der Waals surface area contributed by atoms with Crippen molar-refractivity contribution in [3.05, 3.63) is 40.4 Å². The van der Waals surface area contributed by atoms with Gasteiger partial charge in [-0.15, -0.1) is 11.3 Å². The second-order valence-corrected chi connectivity index (χ2v) is 13.6. The number of benzene rings is 1. The Morgan fingerprint density at radius 2 is 2.15 bits per heavy atom. The third kappa shape index (κ3) is 4.80. The van der Waals surface area contributed by atoms with Crippen LogP contribution in [0.5, 0.6) is 0 Å². The molecule has 214 valence electrons. The summed E-state index contributed by atoms with van der Waals surface area (Å²) in [5.74, 6) is 1.17. The van der Waals surface area contributed by atoms with Gasteiger partial charge in [0, 0.05) is 35.1 Å². The number of anilines is 2. The number of hydrogen-bond acceptors (Lipinski definition) is 7. The average Bonchev–Trinajstić information content (AvgIpc) is 3.65. The molecule has 0 spiro atoms. The summed E-state index contributed by atoms with van der Waals surface area (Å²) in [7, 11) is 1.64. The van der Waals surface area contributed by atoms with Crippen LogP contribution in [-0.2, 0) is 20.8 Å². The lowest BCUT2D eigenvalue weighted by atomic mass is 9.54. The maximum Gasteiger partial charge on any atom is 0.326 e. The summed E-state index contributed by atoms with van der Waals surface area (Å²) in [6, 6.07) is 6.30. The largest absolute Gasteiger partial charge is 0.480 e. The summed E-state index contributed by atoms with van der Waals surface area (Å²) < 4.78 is 0. The predicted octanol–water partition coefficient (Wildman–Crippen LogP) is 6.01. The number of rotatable bonds is 7. The van der Waals surface area contributed by atoms with Gasteiger partial charge in [-0.25, -0.2) is 9.78 Å². The number of oxime groups is 1. The minimum absolute atomic E-state index is 0.00750. The van der Waals surface area contributed by atoms with E-state index >= 15 is 0 Å². The molecule has 3 aliphatic carbocycles. The van der Waals surface area contributed by atoms with Crippen LogP contribution in [0.4, 0.5) is 10.8 Å². The Kier molecular flexibility index (Phi) is 7.36. The van der Waals surface area contributed by atoms with Gasteiger partial charge in [0.1, 0.15) is 13.2 Å². The first-order chi connectivity index (χ1) is 19.3. The van der Waals surface area contributed by atoms with Gasteiger partial charge in [0.2, 0.25) is 5.91 Å². The fourth-order valence-corrected chi connectivity index (χ4v) is 9.27. The fraction of sp³-hybridized carbons (Fsp3) is 0.613. The van der Waals surface area contributed by atoms with E-state index in [1.807, 2.05) is 6.92 Å². The van der Waals surface area contributed by atoms with Crippen LogP contribution in [-0.4, -0.2) is 47.4 Å². The summed E-state index contributed by atoms with van der Waals surface area (Å²) in [5, 5.41) is 17.9. The summed E-state index contributed by atoms with van der Waals surface area (Å²) in [6.07, 6.45) is 9.94. The Hall–Kier alpha value is -2.94. The Balaban J connectivity index is 1.22. The zero-order valence-corrected chi connectivity index (χ0v) is 24.5. The van der Waals surface area contributed by atoms with Crippen LogP contribution in [0.25, 0.3) is 0 Å². The van der Waals surface area contributed by atoms with E-state index in [4.69, 9.17) is 4.84 Å². The number of aryl methyl sites for hydroxylation is 2. The maximum atomic E-state index is 12.8. The number of carbonyl (C=O) groups is 2. The molecule has 4 aliphatic rings. The average molecular weight is 565 g/mol. The molecule has 1 amide bonds. The second kappa shape index (κ2) is 10.8. The van der Waals surface area contributed by atoms with E-state index in [1.165, 1.54) is 22.5 Å². The third-order valence-corrected chi connectivity index (χ3v) is 11.1. The summed E-state index contributed by atoms with van der Waals surface area (Å²) in [6.45, 7) is 5.18. The number of nitrogens with one attached hydrogen (secondary N) is 1. The van der Waals surface area contributed by atoms with Crippen molar-refractivity contribution in [2.75, 3.05) is 23.9 Å². The van der Waals surface area contributed by atoms with Crippen molar-refractivity contribution in [2.24, 2.45) is 28.3 Å². The number of fused-ring (bicyclic) bond motifs is 5. The number of amides is 1. The van der Waals surface area contributed by atoms with Crippen LogP contribution in [0.1, 0.15) is 80.2 Å². The van der Waals surface area contributed by atoms with E-state index < -0.39 is 12.0 Å². The zero-order valence-electron chi connectivity index (χ0n) is 23.7.